The van der Waals surface area contributed by atoms with Gasteiger partial charge in [0.25, 0.3) is 16.7 Å². The fourth-order valence-electron chi connectivity index (χ4n) is 5.72. The molecule has 1 aliphatic heterocycles. The molecule has 4 N–H and O–H groups in total. The normalized spacial score (nSPS) is 13.5. The van der Waals surface area contributed by atoms with Crippen LogP contribution in [0.3, 0.4) is 0 Å². The predicted octanol–water partition coefficient (Wildman–Crippen LogP) is 7.63. The van der Waals surface area contributed by atoms with E-state index in [4.69, 9.17) is 15.0 Å². The molecule has 0 unspecified atom stereocenters. The van der Waals surface area contributed by atoms with Crippen LogP contribution in [-0.4, -0.2) is 52.1 Å². The van der Waals surface area contributed by atoms with Crippen molar-refractivity contribution >= 4 is 50.3 Å². The molecule has 0 spiro atoms. The zero-order valence-electron chi connectivity index (χ0n) is 37.6. The Morgan fingerprint density at radius 3 is 1.80 bits per heavy atom. The van der Waals surface area contributed by atoms with Gasteiger partial charge in [0.05, 0.1) is 23.1 Å². The number of aromatic nitrogens is 6. The Labute approximate surface area is 390 Å². The molecule has 1 saturated heterocycles. The number of hydrogen-bond acceptors (Lipinski definition) is 10. The number of aromatic hydroxyl groups is 1. The lowest BCUT2D eigenvalue weighted by Crippen LogP contribution is -2.41. The van der Waals surface area contributed by atoms with Crippen LogP contribution in [-0.2, 0) is 9.31 Å². The SMILES string of the molecule is CC(C)n1cc(-c2cnc(N)c(C#Cc3cccc(O)c3)n2)ccc1=O.CC(C)n1cc(B2OC(C)(C)C(C)(C)O2)ccc1=O.CC(C)n1cc(Br)ccc1=O.O=c1ccc(Br)c[nH]1. The molecule has 1 aliphatic rings. The second kappa shape index (κ2) is 22.2. The Hall–Kier alpha value is -5.80. The molecule has 6 heterocycles. The highest BCUT2D eigenvalue weighted by atomic mass is 79.9. The average Bonchev–Trinajstić information content (AvgIpc) is 3.46. The van der Waals surface area contributed by atoms with Crippen LogP contribution in [0.25, 0.3) is 11.3 Å². The summed E-state index contributed by atoms with van der Waals surface area (Å²) in [4.78, 5) is 56.3. The summed E-state index contributed by atoms with van der Waals surface area (Å²) in [6.07, 6.45) is 8.53. The van der Waals surface area contributed by atoms with E-state index in [9.17, 15) is 24.3 Å². The van der Waals surface area contributed by atoms with Crippen molar-refractivity contribution in [2.24, 2.45) is 0 Å². The first-order valence-electron chi connectivity index (χ1n) is 20.4. The highest BCUT2D eigenvalue weighted by Gasteiger charge is 2.51. The van der Waals surface area contributed by atoms with Gasteiger partial charge in [-0.1, -0.05) is 18.1 Å². The number of nitrogens with zero attached hydrogens (tertiary/aromatic N) is 5. The van der Waals surface area contributed by atoms with Gasteiger partial charge in [0.2, 0.25) is 5.56 Å². The van der Waals surface area contributed by atoms with Gasteiger partial charge in [-0.2, -0.15) is 0 Å². The Balaban J connectivity index is 0.000000205. The van der Waals surface area contributed by atoms with Gasteiger partial charge in [-0.25, -0.2) is 9.97 Å². The summed E-state index contributed by atoms with van der Waals surface area (Å²) in [5.74, 6) is 6.16. The van der Waals surface area contributed by atoms with Crippen LogP contribution in [0.1, 0.15) is 98.6 Å². The summed E-state index contributed by atoms with van der Waals surface area (Å²) in [5.41, 5.74) is 8.24. The number of nitrogens with one attached hydrogen (secondary N) is 1. The van der Waals surface area contributed by atoms with Gasteiger partial charge in [-0.3, -0.25) is 19.2 Å². The number of hydrogen-bond donors (Lipinski definition) is 3. The second-order valence-corrected chi connectivity index (χ2v) is 18.3. The molecular formula is C47H54BBr2N7O7. The molecule has 64 heavy (non-hydrogen) atoms. The average molecular weight is 1000 g/mol. The number of anilines is 1. The fraction of sp³-hybridized carbons (Fsp3) is 0.319. The summed E-state index contributed by atoms with van der Waals surface area (Å²) >= 11 is 6.48. The van der Waals surface area contributed by atoms with Crippen molar-refractivity contribution < 1.29 is 14.4 Å². The van der Waals surface area contributed by atoms with Crippen molar-refractivity contribution in [3.8, 4) is 28.8 Å². The summed E-state index contributed by atoms with van der Waals surface area (Å²) in [6.45, 7) is 19.9. The Kier molecular flexibility index (Phi) is 17.6. The molecule has 6 aromatic rings. The van der Waals surface area contributed by atoms with Crippen molar-refractivity contribution in [2.45, 2.75) is 98.6 Å². The van der Waals surface area contributed by atoms with E-state index in [1.807, 2.05) is 75.4 Å². The van der Waals surface area contributed by atoms with Gasteiger partial charge in [0, 0.05) is 87.3 Å². The molecule has 336 valence electrons. The van der Waals surface area contributed by atoms with E-state index < -0.39 is 7.12 Å². The van der Waals surface area contributed by atoms with Crippen LogP contribution in [0.5, 0.6) is 5.75 Å². The number of pyridine rings is 4. The zero-order valence-corrected chi connectivity index (χ0v) is 40.8. The number of H-pyrrole nitrogens is 1. The van der Waals surface area contributed by atoms with Gasteiger partial charge >= 0.3 is 7.12 Å². The topological polar surface area (TPSA) is 189 Å². The van der Waals surface area contributed by atoms with Crippen molar-refractivity contribution in [3.05, 3.63) is 165 Å². The van der Waals surface area contributed by atoms with Crippen molar-refractivity contribution in [2.75, 3.05) is 5.73 Å². The Morgan fingerprint density at radius 1 is 0.719 bits per heavy atom. The fourth-order valence-corrected chi connectivity index (χ4v) is 6.32. The second-order valence-electron chi connectivity index (χ2n) is 16.5. The zero-order chi connectivity index (χ0) is 47.5. The van der Waals surface area contributed by atoms with Crippen molar-refractivity contribution in [1.29, 1.82) is 0 Å². The minimum absolute atomic E-state index is 0.00438. The smallest absolute Gasteiger partial charge is 0.496 e. The molecule has 0 radical (unpaired) electrons. The van der Waals surface area contributed by atoms with E-state index >= 15 is 0 Å². The Morgan fingerprint density at radius 2 is 1.27 bits per heavy atom. The van der Waals surface area contributed by atoms with Gasteiger partial charge in [-0.15, -0.1) is 0 Å². The summed E-state index contributed by atoms with van der Waals surface area (Å²) in [6, 6.07) is 20.0. The molecule has 1 fully saturated rings. The third-order valence-corrected chi connectivity index (χ3v) is 11.0. The lowest BCUT2D eigenvalue weighted by molar-refractivity contribution is 0.00578. The number of phenolic OH excluding ortho intramolecular Hbond substituents is 1. The largest absolute Gasteiger partial charge is 0.508 e. The highest BCUT2D eigenvalue weighted by Crippen LogP contribution is 2.36. The van der Waals surface area contributed by atoms with E-state index in [0.717, 1.165) is 20.0 Å². The molecule has 1 aromatic carbocycles. The number of phenols is 1. The molecule has 0 bridgehead atoms. The number of rotatable bonds is 5. The molecular weight excluding hydrogens is 945 g/mol. The first-order valence-corrected chi connectivity index (χ1v) is 22.0. The molecule has 5 aromatic heterocycles. The number of benzene rings is 1. The van der Waals surface area contributed by atoms with Crippen LogP contribution in [0, 0.1) is 11.8 Å². The van der Waals surface area contributed by atoms with Crippen molar-refractivity contribution in [1.82, 2.24) is 28.7 Å². The van der Waals surface area contributed by atoms with Crippen LogP contribution in [0.2, 0.25) is 0 Å². The van der Waals surface area contributed by atoms with Crippen LogP contribution in [0.15, 0.2) is 132 Å². The first kappa shape index (κ1) is 50.8. The highest BCUT2D eigenvalue weighted by molar-refractivity contribution is 9.10. The van der Waals surface area contributed by atoms with Crippen LogP contribution in [0.4, 0.5) is 5.82 Å². The number of halogens is 2. The van der Waals surface area contributed by atoms with Gasteiger partial charge in [0.15, 0.2) is 11.5 Å². The molecule has 0 aliphatic carbocycles. The van der Waals surface area contributed by atoms with E-state index in [0.29, 0.717) is 17.0 Å². The minimum atomic E-state index is -0.421. The maximum absolute atomic E-state index is 11.9. The lowest BCUT2D eigenvalue weighted by Gasteiger charge is -2.32. The lowest BCUT2D eigenvalue weighted by atomic mass is 9.80. The third kappa shape index (κ3) is 14.1. The number of nitrogens with two attached hydrogens (primary N) is 1. The Bertz CT molecular complexity index is 2820. The quantitative estimate of drug-likeness (QED) is 0.114. The summed E-state index contributed by atoms with van der Waals surface area (Å²) in [5, 5.41) is 9.50. The first-order chi connectivity index (χ1) is 30.0. The third-order valence-electron chi connectivity index (χ3n) is 10.0. The minimum Gasteiger partial charge on any atom is -0.508 e. The monoisotopic (exact) mass is 997 g/mol. The van der Waals surface area contributed by atoms with Crippen LogP contribution < -0.4 is 33.4 Å². The van der Waals surface area contributed by atoms with E-state index in [1.165, 1.54) is 12.1 Å². The number of aromatic amines is 1. The van der Waals surface area contributed by atoms with Crippen molar-refractivity contribution in [3.63, 3.8) is 0 Å². The molecule has 0 amide bonds. The van der Waals surface area contributed by atoms with Crippen LogP contribution >= 0.6 is 31.9 Å². The standard InChI is InChI=1S/C20H18N4O2.C14H22BNO3.C8H10BrNO.C5H4BrNO/c1-13(2)24-12-15(7-9-19(24)26)18-11-22-20(21)17(23-18)8-6-14-4-3-5-16(25)10-14;1-10(2)16-9-11(7-8-12(16)17)15-18-13(3,4)14(5,6)19-15;1-6(2)10-5-7(9)3-4-8(10)11;6-4-1-2-5(8)7-3-4/h3-5,7,9-13,25H,1-2H3,(H2,21,22);7-10H,1-6H3;3-6H,1-2H3;1-3H,(H,7,8). The molecule has 0 saturated carbocycles. The molecule has 7 rings (SSSR count). The van der Waals surface area contributed by atoms with E-state index in [2.05, 4.69) is 58.7 Å². The molecule has 0 atom stereocenters. The number of nitrogen functional groups attached to an aromatic ring is 1. The maximum atomic E-state index is 11.9. The van der Waals surface area contributed by atoms with Gasteiger partial charge in [-0.05, 0) is 149 Å². The summed E-state index contributed by atoms with van der Waals surface area (Å²) < 4.78 is 18.8. The van der Waals surface area contributed by atoms with Gasteiger partial charge in [0.1, 0.15) is 5.75 Å². The van der Waals surface area contributed by atoms with E-state index in [-0.39, 0.29) is 63.1 Å². The maximum Gasteiger partial charge on any atom is 0.496 e. The van der Waals surface area contributed by atoms with Gasteiger partial charge < -0.3 is 38.8 Å². The van der Waals surface area contributed by atoms with E-state index in [1.54, 1.807) is 99.2 Å². The predicted molar refractivity (Wildman–Crippen MR) is 261 cm³/mol. The molecule has 14 nitrogen and oxygen atoms in total. The summed E-state index contributed by atoms with van der Waals surface area (Å²) in [7, 11) is -0.421. The molecule has 17 heteroatoms.